The minimum Gasteiger partial charge on any atom is -0.491 e. The van der Waals surface area contributed by atoms with E-state index in [1.807, 2.05) is 0 Å². The fraction of sp³-hybridized carbons (Fsp3) is 0.421. The van der Waals surface area contributed by atoms with E-state index in [9.17, 15) is 18.0 Å². The summed E-state index contributed by atoms with van der Waals surface area (Å²) in [6.45, 7) is 3.52. The minimum absolute atomic E-state index is 0.0510. The number of ether oxygens (including phenoxy) is 2. The lowest BCUT2D eigenvalue weighted by Gasteiger charge is -2.14. The average Bonchev–Trinajstić information content (AvgIpc) is 3.40. The van der Waals surface area contributed by atoms with Crippen molar-refractivity contribution in [3.63, 3.8) is 0 Å². The molecule has 1 heterocycles. The van der Waals surface area contributed by atoms with Crippen molar-refractivity contribution in [1.82, 2.24) is 5.16 Å². The van der Waals surface area contributed by atoms with Crippen LogP contribution in [0.2, 0.25) is 5.02 Å². The van der Waals surface area contributed by atoms with E-state index in [2.05, 4.69) is 5.16 Å². The summed E-state index contributed by atoms with van der Waals surface area (Å²) in [5, 5.41) is 3.79. The number of halogens is 1. The van der Waals surface area contributed by atoms with Crippen molar-refractivity contribution in [3.8, 4) is 5.75 Å². The Morgan fingerprint density at radius 2 is 1.93 bits per heavy atom. The molecule has 1 aromatic heterocycles. The summed E-state index contributed by atoms with van der Waals surface area (Å²) in [5.74, 6) is -1.43. The zero-order valence-corrected chi connectivity index (χ0v) is 17.7. The standard InChI is InChI=1S/C19H20ClNO7S/c1-4-26-17-12(20)9-8-11(18(17)29(3,24)25)15(22)13-14(19(23)27-5-2)21-28-16(13)10-6-7-10/h8-10H,4-7H2,1-3H3. The second-order valence-electron chi connectivity index (χ2n) is 6.55. The molecule has 156 valence electrons. The zero-order valence-electron chi connectivity index (χ0n) is 16.2. The van der Waals surface area contributed by atoms with Gasteiger partial charge in [0.1, 0.15) is 10.5 Å². The van der Waals surface area contributed by atoms with Crippen LogP contribution in [0.4, 0.5) is 0 Å². The summed E-state index contributed by atoms with van der Waals surface area (Å²) in [4.78, 5) is 25.4. The molecule has 0 spiro atoms. The fourth-order valence-electron chi connectivity index (χ4n) is 2.98. The van der Waals surface area contributed by atoms with Gasteiger partial charge < -0.3 is 14.0 Å². The molecule has 2 aromatic rings. The topological polar surface area (TPSA) is 113 Å². The predicted octanol–water partition coefficient (Wildman–Crippen LogP) is 3.42. The molecule has 0 unspecified atom stereocenters. The first kappa shape index (κ1) is 21.3. The number of hydrogen-bond donors (Lipinski definition) is 0. The van der Waals surface area contributed by atoms with Gasteiger partial charge in [-0.1, -0.05) is 16.8 Å². The Morgan fingerprint density at radius 3 is 2.48 bits per heavy atom. The summed E-state index contributed by atoms with van der Waals surface area (Å²) < 4.78 is 40.7. The second-order valence-corrected chi connectivity index (χ2v) is 8.91. The highest BCUT2D eigenvalue weighted by molar-refractivity contribution is 7.91. The Balaban J connectivity index is 2.23. The van der Waals surface area contributed by atoms with Gasteiger partial charge in [0, 0.05) is 17.7 Å². The Kier molecular flexibility index (Phi) is 6.00. The van der Waals surface area contributed by atoms with Crippen LogP contribution >= 0.6 is 11.6 Å². The number of nitrogens with zero attached hydrogens (tertiary/aromatic N) is 1. The van der Waals surface area contributed by atoms with Crippen molar-refractivity contribution >= 4 is 33.2 Å². The number of esters is 1. The third kappa shape index (κ3) is 4.16. The van der Waals surface area contributed by atoms with Gasteiger partial charge in [-0.05, 0) is 38.8 Å². The SMILES string of the molecule is CCOC(=O)c1noc(C2CC2)c1C(=O)c1ccc(Cl)c(OCC)c1S(C)(=O)=O. The highest BCUT2D eigenvalue weighted by Crippen LogP contribution is 2.44. The van der Waals surface area contributed by atoms with E-state index in [0.717, 1.165) is 19.1 Å². The quantitative estimate of drug-likeness (QED) is 0.452. The summed E-state index contributed by atoms with van der Waals surface area (Å²) in [7, 11) is -3.90. The molecule has 1 aliphatic carbocycles. The maximum Gasteiger partial charge on any atom is 0.361 e. The maximum atomic E-state index is 13.5. The minimum atomic E-state index is -3.90. The maximum absolute atomic E-state index is 13.5. The fourth-order valence-corrected chi connectivity index (χ4v) is 4.32. The average molecular weight is 442 g/mol. The molecule has 0 bridgehead atoms. The van der Waals surface area contributed by atoms with E-state index in [0.29, 0.717) is 0 Å². The van der Waals surface area contributed by atoms with E-state index >= 15 is 0 Å². The van der Waals surface area contributed by atoms with Gasteiger partial charge in [-0.15, -0.1) is 0 Å². The van der Waals surface area contributed by atoms with Gasteiger partial charge >= 0.3 is 5.97 Å². The molecular weight excluding hydrogens is 422 g/mol. The molecule has 1 aliphatic rings. The van der Waals surface area contributed by atoms with Crippen LogP contribution in [0.3, 0.4) is 0 Å². The summed E-state index contributed by atoms with van der Waals surface area (Å²) >= 11 is 6.12. The highest BCUT2D eigenvalue weighted by Gasteiger charge is 2.39. The van der Waals surface area contributed by atoms with E-state index in [-0.39, 0.29) is 57.4 Å². The first-order valence-electron chi connectivity index (χ1n) is 9.07. The van der Waals surface area contributed by atoms with Crippen molar-refractivity contribution in [1.29, 1.82) is 0 Å². The number of carbonyl (C=O) groups is 2. The lowest BCUT2D eigenvalue weighted by Crippen LogP contribution is -2.16. The molecule has 1 fully saturated rings. The van der Waals surface area contributed by atoms with E-state index in [1.165, 1.54) is 12.1 Å². The van der Waals surface area contributed by atoms with Crippen molar-refractivity contribution in [2.75, 3.05) is 19.5 Å². The molecule has 0 atom stereocenters. The van der Waals surface area contributed by atoms with Gasteiger partial charge in [0.25, 0.3) is 0 Å². The Morgan fingerprint density at radius 1 is 1.24 bits per heavy atom. The third-order valence-corrected chi connectivity index (χ3v) is 5.78. The number of benzene rings is 1. The van der Waals surface area contributed by atoms with E-state index in [1.54, 1.807) is 13.8 Å². The van der Waals surface area contributed by atoms with Gasteiger partial charge in [-0.3, -0.25) is 4.79 Å². The molecule has 0 amide bonds. The number of rotatable bonds is 8. The van der Waals surface area contributed by atoms with Crippen LogP contribution in [0.15, 0.2) is 21.6 Å². The van der Waals surface area contributed by atoms with Gasteiger partial charge in [0.2, 0.25) is 11.5 Å². The molecule has 0 radical (unpaired) electrons. The number of sulfone groups is 1. The number of ketones is 1. The smallest absolute Gasteiger partial charge is 0.361 e. The van der Waals surface area contributed by atoms with Gasteiger partial charge in [-0.2, -0.15) is 0 Å². The van der Waals surface area contributed by atoms with Crippen LogP contribution < -0.4 is 4.74 Å². The van der Waals surface area contributed by atoms with E-state index < -0.39 is 21.6 Å². The van der Waals surface area contributed by atoms with E-state index in [4.69, 9.17) is 25.6 Å². The molecule has 29 heavy (non-hydrogen) atoms. The normalized spacial score (nSPS) is 13.9. The van der Waals surface area contributed by atoms with Crippen LogP contribution in [0, 0.1) is 0 Å². The van der Waals surface area contributed by atoms with Gasteiger partial charge in [0.15, 0.2) is 21.3 Å². The summed E-state index contributed by atoms with van der Waals surface area (Å²) in [5.41, 5.74) is -0.525. The molecule has 0 N–H and O–H groups in total. The molecule has 0 aliphatic heterocycles. The van der Waals surface area contributed by atoms with Crippen LogP contribution in [-0.2, 0) is 14.6 Å². The third-order valence-electron chi connectivity index (χ3n) is 4.33. The van der Waals surface area contributed by atoms with Gasteiger partial charge in [-0.25, -0.2) is 13.2 Å². The van der Waals surface area contributed by atoms with Gasteiger partial charge in [0.05, 0.1) is 18.2 Å². The highest BCUT2D eigenvalue weighted by atomic mass is 35.5. The summed E-state index contributed by atoms with van der Waals surface area (Å²) in [6, 6.07) is 2.67. The number of carbonyl (C=O) groups excluding carboxylic acids is 2. The molecule has 1 aromatic carbocycles. The van der Waals surface area contributed by atoms with Crippen molar-refractivity contribution in [2.45, 2.75) is 37.5 Å². The Hall–Kier alpha value is -2.39. The number of hydrogen-bond acceptors (Lipinski definition) is 8. The van der Waals surface area contributed by atoms with Crippen molar-refractivity contribution in [3.05, 3.63) is 39.7 Å². The van der Waals surface area contributed by atoms with Crippen molar-refractivity contribution in [2.24, 2.45) is 0 Å². The molecule has 3 rings (SSSR count). The largest absolute Gasteiger partial charge is 0.491 e. The molecule has 0 saturated heterocycles. The Bertz CT molecular complexity index is 1070. The Labute approximate surface area is 173 Å². The lowest BCUT2D eigenvalue weighted by atomic mass is 9.99. The number of aromatic nitrogens is 1. The molecule has 10 heteroatoms. The first-order chi connectivity index (χ1) is 13.7. The van der Waals surface area contributed by atoms with Crippen LogP contribution in [0.1, 0.15) is 64.8 Å². The molecule has 1 saturated carbocycles. The monoisotopic (exact) mass is 441 g/mol. The second kappa shape index (κ2) is 8.16. The predicted molar refractivity (Wildman–Crippen MR) is 104 cm³/mol. The summed E-state index contributed by atoms with van der Waals surface area (Å²) in [6.07, 6.45) is 2.52. The molecule has 8 nitrogen and oxygen atoms in total. The van der Waals surface area contributed by atoms with Crippen LogP contribution in [0.25, 0.3) is 0 Å². The van der Waals surface area contributed by atoms with Crippen molar-refractivity contribution < 1.29 is 32.0 Å². The molecular formula is C19H20ClNO7S. The van der Waals surface area contributed by atoms with Crippen LogP contribution in [0.5, 0.6) is 5.75 Å². The lowest BCUT2D eigenvalue weighted by molar-refractivity contribution is 0.0512. The zero-order chi connectivity index (χ0) is 21.3. The van der Waals surface area contributed by atoms with Crippen LogP contribution in [-0.4, -0.2) is 44.8 Å². The first-order valence-corrected chi connectivity index (χ1v) is 11.3.